The maximum Gasteiger partial charge on any atom is 0.416 e. The van der Waals surface area contributed by atoms with Gasteiger partial charge in [-0.25, -0.2) is 4.98 Å². The van der Waals surface area contributed by atoms with Crippen molar-refractivity contribution in [2.45, 2.75) is 29.7 Å². The quantitative estimate of drug-likeness (QED) is 0.327. The first-order valence-electron chi connectivity index (χ1n) is 8.26. The van der Waals surface area contributed by atoms with E-state index in [9.17, 15) is 38.2 Å². The molecule has 0 aliphatic heterocycles. The van der Waals surface area contributed by atoms with E-state index in [1.165, 1.54) is 12.1 Å². The Hall–Kier alpha value is -3.48. The van der Waals surface area contributed by atoms with Crippen LogP contribution in [0.5, 0.6) is 0 Å². The van der Waals surface area contributed by atoms with E-state index < -0.39 is 43.4 Å². The van der Waals surface area contributed by atoms with Gasteiger partial charge in [0.25, 0.3) is 16.9 Å². The lowest BCUT2D eigenvalue weighted by atomic mass is 10.1. The first kappa shape index (κ1) is 21.2. The summed E-state index contributed by atoms with van der Waals surface area (Å²) in [6.07, 6.45) is -5.02. The number of nitro benzene ring substituents is 2. The van der Waals surface area contributed by atoms with Crippen molar-refractivity contribution in [3.05, 3.63) is 72.5 Å². The van der Waals surface area contributed by atoms with Gasteiger partial charge in [-0.05, 0) is 30.8 Å². The number of hydrogen-bond donors (Lipinski definition) is 0. The summed E-state index contributed by atoms with van der Waals surface area (Å²) in [4.78, 5) is 36.8. The molecule has 3 aromatic rings. The largest absolute Gasteiger partial charge is 0.416 e. The summed E-state index contributed by atoms with van der Waals surface area (Å²) in [6.45, 7) is 1.68. The molecule has 156 valence electrons. The second-order valence-corrected chi connectivity index (χ2v) is 6.90. The fourth-order valence-electron chi connectivity index (χ4n) is 2.73. The highest BCUT2D eigenvalue weighted by Crippen LogP contribution is 2.44. The van der Waals surface area contributed by atoms with E-state index in [2.05, 4.69) is 4.98 Å². The SMILES string of the molecule is CCn1c(Sc2c([N+](=O)[O-])cc(C(F)(F)F)cc2[N+](=O)[O-])nc2ccccc2c1=O. The van der Waals surface area contributed by atoms with Crippen LogP contribution in [0.3, 0.4) is 0 Å². The molecule has 0 saturated heterocycles. The van der Waals surface area contributed by atoms with E-state index in [1.807, 2.05) is 0 Å². The summed E-state index contributed by atoms with van der Waals surface area (Å²) >= 11 is 0.398. The van der Waals surface area contributed by atoms with Crippen LogP contribution in [0.1, 0.15) is 12.5 Å². The third kappa shape index (κ3) is 3.83. The van der Waals surface area contributed by atoms with Gasteiger partial charge in [0, 0.05) is 18.7 Å². The Balaban J connectivity index is 2.30. The predicted octanol–water partition coefficient (Wildman–Crippen LogP) is 4.40. The average Bonchev–Trinajstić information content (AvgIpc) is 2.67. The lowest BCUT2D eigenvalue weighted by Gasteiger charge is -2.12. The fraction of sp³-hybridized carbons (Fsp3) is 0.176. The van der Waals surface area contributed by atoms with E-state index in [-0.39, 0.29) is 34.7 Å². The fourth-order valence-corrected chi connectivity index (χ4v) is 3.86. The van der Waals surface area contributed by atoms with Crippen LogP contribution in [0.25, 0.3) is 10.9 Å². The lowest BCUT2D eigenvalue weighted by molar-refractivity contribution is -0.400. The van der Waals surface area contributed by atoms with Crippen molar-refractivity contribution >= 4 is 34.0 Å². The molecule has 3 rings (SSSR count). The molecule has 13 heteroatoms. The van der Waals surface area contributed by atoms with E-state index in [1.54, 1.807) is 19.1 Å². The minimum absolute atomic E-state index is 0.0846. The van der Waals surface area contributed by atoms with Gasteiger partial charge in [0.2, 0.25) is 0 Å². The van der Waals surface area contributed by atoms with Crippen LogP contribution in [0.15, 0.2) is 51.2 Å². The van der Waals surface area contributed by atoms with Crippen LogP contribution in [0, 0.1) is 20.2 Å². The van der Waals surface area contributed by atoms with Crippen LogP contribution < -0.4 is 5.56 Å². The Morgan fingerprint density at radius 2 is 1.67 bits per heavy atom. The molecule has 9 nitrogen and oxygen atoms in total. The Kier molecular flexibility index (Phi) is 5.48. The third-order valence-corrected chi connectivity index (χ3v) is 5.22. The number of fused-ring (bicyclic) bond motifs is 1. The number of nitrogens with zero attached hydrogens (tertiary/aromatic N) is 4. The van der Waals surface area contributed by atoms with Crippen molar-refractivity contribution in [2.24, 2.45) is 0 Å². The number of alkyl halides is 3. The molecule has 0 spiro atoms. The molecule has 0 radical (unpaired) electrons. The van der Waals surface area contributed by atoms with E-state index in [0.717, 1.165) is 4.57 Å². The van der Waals surface area contributed by atoms with E-state index in [0.29, 0.717) is 11.8 Å². The minimum atomic E-state index is -5.02. The van der Waals surface area contributed by atoms with Crippen LogP contribution in [0.2, 0.25) is 0 Å². The Morgan fingerprint density at radius 3 is 2.17 bits per heavy atom. The zero-order valence-electron chi connectivity index (χ0n) is 15.0. The second kappa shape index (κ2) is 7.74. The standard InChI is InChI=1S/C17H11F3N4O5S/c1-2-22-15(25)10-5-3-4-6-11(10)21-16(22)30-14-12(23(26)27)7-9(17(18,19)20)8-13(14)24(28)29/h3-8H,2H2,1H3. The highest BCUT2D eigenvalue weighted by atomic mass is 32.2. The first-order valence-corrected chi connectivity index (χ1v) is 9.07. The molecule has 0 bridgehead atoms. The van der Waals surface area contributed by atoms with Gasteiger partial charge in [0.15, 0.2) is 10.1 Å². The molecule has 0 aliphatic carbocycles. The molecule has 30 heavy (non-hydrogen) atoms. The normalized spacial score (nSPS) is 11.6. The van der Waals surface area contributed by atoms with Gasteiger partial charge in [-0.3, -0.25) is 29.6 Å². The van der Waals surface area contributed by atoms with Crippen LogP contribution in [-0.4, -0.2) is 19.4 Å². The Labute approximate surface area is 169 Å². The number of hydrogen-bond acceptors (Lipinski definition) is 7. The first-order chi connectivity index (χ1) is 14.0. The number of rotatable bonds is 5. The highest BCUT2D eigenvalue weighted by Gasteiger charge is 2.38. The molecule has 0 saturated carbocycles. The molecular weight excluding hydrogens is 429 g/mol. The van der Waals surface area contributed by atoms with E-state index in [4.69, 9.17) is 0 Å². The summed E-state index contributed by atoms with van der Waals surface area (Å²) in [5, 5.41) is 23.0. The average molecular weight is 440 g/mol. The zero-order chi connectivity index (χ0) is 22.2. The number of benzene rings is 2. The molecule has 0 atom stereocenters. The van der Waals surface area contributed by atoms with Crippen molar-refractivity contribution in [3.8, 4) is 0 Å². The molecule has 1 aromatic heterocycles. The minimum Gasteiger partial charge on any atom is -0.287 e. The van der Waals surface area contributed by atoms with Crippen LogP contribution >= 0.6 is 11.8 Å². The van der Waals surface area contributed by atoms with Gasteiger partial charge in [0.05, 0.1) is 26.3 Å². The zero-order valence-corrected chi connectivity index (χ0v) is 15.9. The molecule has 0 N–H and O–H groups in total. The molecule has 0 unspecified atom stereocenters. The Morgan fingerprint density at radius 1 is 1.10 bits per heavy atom. The summed E-state index contributed by atoms with van der Waals surface area (Å²) in [7, 11) is 0. The Bertz CT molecular complexity index is 1210. The van der Waals surface area contributed by atoms with Gasteiger partial charge < -0.3 is 0 Å². The highest BCUT2D eigenvalue weighted by molar-refractivity contribution is 7.99. The molecule has 0 aliphatic rings. The number of nitro groups is 2. The van der Waals surface area contributed by atoms with E-state index >= 15 is 0 Å². The summed E-state index contributed by atoms with van der Waals surface area (Å²) in [5.41, 5.74) is -3.97. The van der Waals surface area contributed by atoms with Crippen molar-refractivity contribution in [2.75, 3.05) is 0 Å². The predicted molar refractivity (Wildman–Crippen MR) is 101 cm³/mol. The number of halogens is 3. The van der Waals surface area contributed by atoms with Gasteiger partial charge in [0.1, 0.15) is 0 Å². The van der Waals surface area contributed by atoms with Gasteiger partial charge in [-0.15, -0.1) is 0 Å². The summed E-state index contributed by atoms with van der Waals surface area (Å²) in [5.74, 6) is 0. The van der Waals surface area contributed by atoms with Crippen molar-refractivity contribution in [1.82, 2.24) is 9.55 Å². The van der Waals surface area contributed by atoms with Crippen molar-refractivity contribution in [1.29, 1.82) is 0 Å². The third-order valence-electron chi connectivity index (χ3n) is 4.11. The molecule has 0 amide bonds. The smallest absolute Gasteiger partial charge is 0.287 e. The topological polar surface area (TPSA) is 121 Å². The number of aromatic nitrogens is 2. The van der Waals surface area contributed by atoms with Gasteiger partial charge in [-0.2, -0.15) is 13.2 Å². The molecular formula is C17H11F3N4O5S. The van der Waals surface area contributed by atoms with Gasteiger partial charge in [-0.1, -0.05) is 12.1 Å². The summed E-state index contributed by atoms with van der Waals surface area (Å²) in [6, 6.07) is 6.70. The van der Waals surface area contributed by atoms with Crippen LogP contribution in [0.4, 0.5) is 24.5 Å². The second-order valence-electron chi connectivity index (χ2n) is 5.92. The van der Waals surface area contributed by atoms with Crippen molar-refractivity contribution < 1.29 is 23.0 Å². The molecule has 0 fully saturated rings. The molecule has 2 aromatic carbocycles. The monoisotopic (exact) mass is 440 g/mol. The van der Waals surface area contributed by atoms with Crippen LogP contribution in [-0.2, 0) is 12.7 Å². The lowest BCUT2D eigenvalue weighted by Crippen LogP contribution is -2.22. The summed E-state index contributed by atoms with van der Waals surface area (Å²) < 4.78 is 40.3. The van der Waals surface area contributed by atoms with Crippen molar-refractivity contribution in [3.63, 3.8) is 0 Å². The maximum atomic E-state index is 13.1. The number of para-hydroxylation sites is 1. The maximum absolute atomic E-state index is 13.1. The molecule has 1 heterocycles. The van der Waals surface area contributed by atoms with Gasteiger partial charge >= 0.3 is 6.18 Å².